The fraction of sp³-hybridized carbons (Fsp3) is 0.533. The molecule has 0 radical (unpaired) electrons. The highest BCUT2D eigenvalue weighted by molar-refractivity contribution is 9.10. The first kappa shape index (κ1) is 15.5. The highest BCUT2D eigenvalue weighted by Gasteiger charge is 2.24. The molecule has 1 aliphatic heterocycles. The molecular formula is C15H20BrNO3. The van der Waals surface area contributed by atoms with E-state index in [4.69, 9.17) is 10.2 Å². The molecule has 1 aliphatic rings. The van der Waals surface area contributed by atoms with Crippen LogP contribution in [-0.2, 0) is 6.54 Å². The van der Waals surface area contributed by atoms with Crippen molar-refractivity contribution < 1.29 is 15.0 Å². The number of likely N-dealkylation sites (tertiary alicyclic amines) is 1. The minimum absolute atomic E-state index is 0.251. The van der Waals surface area contributed by atoms with Crippen molar-refractivity contribution in [2.75, 3.05) is 13.2 Å². The summed E-state index contributed by atoms with van der Waals surface area (Å²) in [6.07, 6.45) is 4.26. The Morgan fingerprint density at radius 2 is 2.25 bits per heavy atom. The fourth-order valence-corrected chi connectivity index (χ4v) is 3.29. The van der Waals surface area contributed by atoms with Crippen molar-refractivity contribution in [2.24, 2.45) is 0 Å². The van der Waals surface area contributed by atoms with Gasteiger partial charge in [-0.2, -0.15) is 0 Å². The molecule has 1 fully saturated rings. The van der Waals surface area contributed by atoms with Gasteiger partial charge in [0, 0.05) is 23.7 Å². The third-order valence-corrected chi connectivity index (χ3v) is 4.61. The van der Waals surface area contributed by atoms with Crippen molar-refractivity contribution in [3.63, 3.8) is 0 Å². The lowest BCUT2D eigenvalue weighted by Crippen LogP contribution is -2.29. The molecule has 2 rings (SSSR count). The van der Waals surface area contributed by atoms with Gasteiger partial charge in [-0.3, -0.25) is 4.90 Å². The van der Waals surface area contributed by atoms with E-state index in [9.17, 15) is 4.79 Å². The third kappa shape index (κ3) is 3.81. The van der Waals surface area contributed by atoms with Crippen LogP contribution in [0.15, 0.2) is 22.7 Å². The average Bonchev–Trinajstić information content (AvgIpc) is 2.85. The normalized spacial score (nSPS) is 19.4. The summed E-state index contributed by atoms with van der Waals surface area (Å²) in [6, 6.07) is 5.74. The van der Waals surface area contributed by atoms with Crippen molar-refractivity contribution in [3.05, 3.63) is 33.8 Å². The van der Waals surface area contributed by atoms with E-state index in [1.165, 1.54) is 12.8 Å². The minimum Gasteiger partial charge on any atom is -0.478 e. The van der Waals surface area contributed by atoms with Gasteiger partial charge in [-0.15, -0.1) is 0 Å². The lowest BCUT2D eigenvalue weighted by atomic mass is 10.1. The largest absolute Gasteiger partial charge is 0.478 e. The van der Waals surface area contributed by atoms with Crippen LogP contribution in [0.2, 0.25) is 0 Å². The molecule has 1 aromatic carbocycles. The quantitative estimate of drug-likeness (QED) is 0.835. The zero-order chi connectivity index (χ0) is 14.5. The molecule has 2 N–H and O–H groups in total. The number of aromatic carboxylic acids is 1. The van der Waals surface area contributed by atoms with Gasteiger partial charge in [0.25, 0.3) is 0 Å². The van der Waals surface area contributed by atoms with Gasteiger partial charge in [-0.25, -0.2) is 4.79 Å². The van der Waals surface area contributed by atoms with E-state index in [2.05, 4.69) is 20.8 Å². The van der Waals surface area contributed by atoms with Gasteiger partial charge in [0.2, 0.25) is 0 Å². The van der Waals surface area contributed by atoms with Crippen molar-refractivity contribution in [1.82, 2.24) is 4.90 Å². The van der Waals surface area contributed by atoms with Gasteiger partial charge in [-0.1, -0.05) is 22.0 Å². The molecule has 0 aromatic heterocycles. The summed E-state index contributed by atoms with van der Waals surface area (Å²) < 4.78 is 0.852. The summed E-state index contributed by atoms with van der Waals surface area (Å²) in [4.78, 5) is 13.4. The van der Waals surface area contributed by atoms with Crippen LogP contribution in [0.3, 0.4) is 0 Å². The SMILES string of the molecule is O=C(O)c1ccc(CN2CCCC2CCCO)c(Br)c1. The molecule has 0 saturated carbocycles. The maximum absolute atomic E-state index is 10.9. The Labute approximate surface area is 127 Å². The molecule has 1 saturated heterocycles. The van der Waals surface area contributed by atoms with E-state index < -0.39 is 5.97 Å². The Morgan fingerprint density at radius 3 is 2.90 bits per heavy atom. The van der Waals surface area contributed by atoms with Gasteiger partial charge >= 0.3 is 5.97 Å². The van der Waals surface area contributed by atoms with Crippen LogP contribution in [0.1, 0.15) is 41.6 Å². The Morgan fingerprint density at radius 1 is 1.45 bits per heavy atom. The number of carboxylic acid groups (broad SMARTS) is 1. The number of halogens is 1. The Hall–Kier alpha value is -0.910. The van der Waals surface area contributed by atoms with Crippen molar-refractivity contribution >= 4 is 21.9 Å². The summed E-state index contributed by atoms with van der Waals surface area (Å²) in [5.41, 5.74) is 1.42. The summed E-state index contributed by atoms with van der Waals surface area (Å²) in [6.45, 7) is 2.15. The van der Waals surface area contributed by atoms with Crippen LogP contribution in [0.4, 0.5) is 0 Å². The van der Waals surface area contributed by atoms with Crippen LogP contribution in [0.5, 0.6) is 0 Å². The first-order chi connectivity index (χ1) is 9.61. The molecule has 4 nitrogen and oxygen atoms in total. The molecule has 0 spiro atoms. The predicted molar refractivity (Wildman–Crippen MR) is 80.9 cm³/mol. The van der Waals surface area contributed by atoms with Crippen molar-refractivity contribution in [2.45, 2.75) is 38.3 Å². The van der Waals surface area contributed by atoms with Gasteiger partial charge < -0.3 is 10.2 Å². The zero-order valence-electron chi connectivity index (χ0n) is 11.4. The van der Waals surface area contributed by atoms with Crippen LogP contribution in [0, 0.1) is 0 Å². The first-order valence-corrected chi connectivity index (χ1v) is 7.77. The maximum Gasteiger partial charge on any atom is 0.335 e. The number of hydrogen-bond acceptors (Lipinski definition) is 3. The number of benzene rings is 1. The molecule has 20 heavy (non-hydrogen) atoms. The molecular weight excluding hydrogens is 322 g/mol. The molecule has 0 bridgehead atoms. The molecule has 110 valence electrons. The molecule has 0 aliphatic carbocycles. The van der Waals surface area contributed by atoms with Crippen molar-refractivity contribution in [3.8, 4) is 0 Å². The van der Waals surface area contributed by atoms with E-state index in [-0.39, 0.29) is 6.61 Å². The van der Waals surface area contributed by atoms with Crippen LogP contribution < -0.4 is 0 Å². The number of aliphatic hydroxyl groups excluding tert-OH is 1. The number of hydrogen-bond donors (Lipinski definition) is 2. The maximum atomic E-state index is 10.9. The second-order valence-electron chi connectivity index (χ2n) is 5.24. The highest BCUT2D eigenvalue weighted by Crippen LogP contribution is 2.27. The Bertz CT molecular complexity index is 478. The van der Waals surface area contributed by atoms with Crippen LogP contribution >= 0.6 is 15.9 Å². The van der Waals surface area contributed by atoms with E-state index in [0.29, 0.717) is 11.6 Å². The summed E-state index contributed by atoms with van der Waals surface area (Å²) in [7, 11) is 0. The number of rotatable bonds is 6. The van der Waals surface area contributed by atoms with Crippen molar-refractivity contribution in [1.29, 1.82) is 0 Å². The standard InChI is InChI=1S/C15H20BrNO3/c16-14-9-11(15(19)20)5-6-12(14)10-17-7-1-3-13(17)4-2-8-18/h5-6,9,13,18H,1-4,7-8,10H2,(H,19,20). The molecule has 1 unspecified atom stereocenters. The van der Waals surface area contributed by atoms with E-state index in [1.54, 1.807) is 12.1 Å². The second-order valence-corrected chi connectivity index (χ2v) is 6.10. The number of aliphatic hydroxyl groups is 1. The van der Waals surface area contributed by atoms with E-state index >= 15 is 0 Å². The lowest BCUT2D eigenvalue weighted by Gasteiger charge is -2.25. The van der Waals surface area contributed by atoms with Gasteiger partial charge in [0.1, 0.15) is 0 Å². The Kier molecular flexibility index (Phi) is 5.57. The third-order valence-electron chi connectivity index (χ3n) is 3.87. The molecule has 1 heterocycles. The van der Waals surface area contributed by atoms with Gasteiger partial charge in [0.05, 0.1) is 5.56 Å². The molecule has 1 aromatic rings. The number of nitrogens with zero attached hydrogens (tertiary/aromatic N) is 1. The van der Waals surface area contributed by atoms with Gasteiger partial charge in [-0.05, 0) is 49.9 Å². The topological polar surface area (TPSA) is 60.8 Å². The monoisotopic (exact) mass is 341 g/mol. The molecule has 1 atom stereocenters. The minimum atomic E-state index is -0.903. The number of carboxylic acids is 1. The summed E-state index contributed by atoms with van der Waals surface area (Å²) in [5, 5.41) is 17.9. The number of carbonyl (C=O) groups is 1. The van der Waals surface area contributed by atoms with Crippen LogP contribution in [-0.4, -0.2) is 40.3 Å². The second kappa shape index (κ2) is 7.20. The summed E-state index contributed by atoms with van der Waals surface area (Å²) in [5.74, 6) is -0.903. The van der Waals surface area contributed by atoms with E-state index in [1.807, 2.05) is 6.07 Å². The van der Waals surface area contributed by atoms with Gasteiger partial charge in [0.15, 0.2) is 0 Å². The first-order valence-electron chi connectivity index (χ1n) is 6.98. The average molecular weight is 342 g/mol. The highest BCUT2D eigenvalue weighted by atomic mass is 79.9. The molecule has 5 heteroatoms. The summed E-state index contributed by atoms with van der Waals surface area (Å²) >= 11 is 3.47. The zero-order valence-corrected chi connectivity index (χ0v) is 13.0. The van der Waals surface area contributed by atoms with E-state index in [0.717, 1.165) is 36.0 Å². The molecule has 0 amide bonds. The van der Waals surface area contributed by atoms with Crippen LogP contribution in [0.25, 0.3) is 0 Å². The smallest absolute Gasteiger partial charge is 0.335 e. The fourth-order valence-electron chi connectivity index (χ4n) is 2.78. The lowest BCUT2D eigenvalue weighted by molar-refractivity contribution is 0.0696. The predicted octanol–water partition coefficient (Wildman–Crippen LogP) is 2.88. The Balaban J connectivity index is 2.03.